The first kappa shape index (κ1) is 18.1. The Balaban J connectivity index is 1.84. The Bertz CT molecular complexity index is 777. The van der Waals surface area contributed by atoms with E-state index in [0.29, 0.717) is 0 Å². The standard InChI is InChI=1S/C17H19FN2O3S/c1-13(14-5-3-2-4-6-14)20-24(22,23)12-11-19-17(21)15-7-9-16(18)10-8-15/h2-10,13,20H,11-12H2,1H3,(H,19,21)/t13-/m1/s1. The normalized spacial score (nSPS) is 12.6. The van der Waals surface area contributed by atoms with Gasteiger partial charge in [0.2, 0.25) is 10.0 Å². The molecule has 1 atom stereocenters. The molecule has 2 rings (SSSR count). The van der Waals surface area contributed by atoms with Gasteiger partial charge < -0.3 is 5.32 Å². The number of benzene rings is 2. The fourth-order valence-electron chi connectivity index (χ4n) is 2.14. The Morgan fingerprint density at radius 1 is 1.08 bits per heavy atom. The first-order valence-corrected chi connectivity index (χ1v) is 9.11. The molecule has 0 saturated heterocycles. The van der Waals surface area contributed by atoms with Gasteiger partial charge in [-0.1, -0.05) is 30.3 Å². The van der Waals surface area contributed by atoms with E-state index in [2.05, 4.69) is 10.0 Å². The highest BCUT2D eigenvalue weighted by Crippen LogP contribution is 2.12. The number of halogens is 1. The zero-order valence-electron chi connectivity index (χ0n) is 13.2. The van der Waals surface area contributed by atoms with Crippen molar-refractivity contribution in [3.8, 4) is 0 Å². The van der Waals surface area contributed by atoms with Crippen molar-refractivity contribution in [2.75, 3.05) is 12.3 Å². The molecule has 0 fully saturated rings. The second-order valence-electron chi connectivity index (χ2n) is 5.33. The van der Waals surface area contributed by atoms with Crippen LogP contribution in [0.2, 0.25) is 0 Å². The molecule has 0 spiro atoms. The number of carbonyl (C=O) groups excluding carboxylic acids is 1. The molecule has 2 aromatic carbocycles. The molecule has 0 radical (unpaired) electrons. The minimum Gasteiger partial charge on any atom is -0.351 e. The number of hydrogen-bond acceptors (Lipinski definition) is 3. The van der Waals surface area contributed by atoms with Gasteiger partial charge >= 0.3 is 0 Å². The number of carbonyl (C=O) groups is 1. The van der Waals surface area contributed by atoms with Gasteiger partial charge in [0.15, 0.2) is 0 Å². The maximum absolute atomic E-state index is 12.8. The average Bonchev–Trinajstić information content (AvgIpc) is 2.55. The van der Waals surface area contributed by atoms with Crippen molar-refractivity contribution < 1.29 is 17.6 Å². The maximum atomic E-state index is 12.8. The number of hydrogen-bond donors (Lipinski definition) is 2. The van der Waals surface area contributed by atoms with Crippen LogP contribution in [0, 0.1) is 5.82 Å². The van der Waals surface area contributed by atoms with Gasteiger partial charge in [-0.2, -0.15) is 0 Å². The molecule has 128 valence electrons. The Morgan fingerprint density at radius 2 is 1.71 bits per heavy atom. The predicted molar refractivity (Wildman–Crippen MR) is 90.5 cm³/mol. The van der Waals surface area contributed by atoms with Crippen molar-refractivity contribution in [1.29, 1.82) is 0 Å². The Morgan fingerprint density at radius 3 is 2.33 bits per heavy atom. The van der Waals surface area contributed by atoms with Crippen LogP contribution < -0.4 is 10.0 Å². The van der Waals surface area contributed by atoms with E-state index in [0.717, 1.165) is 5.56 Å². The molecule has 0 aliphatic heterocycles. The first-order chi connectivity index (χ1) is 11.4. The summed E-state index contributed by atoms with van der Waals surface area (Å²) in [6.07, 6.45) is 0. The summed E-state index contributed by atoms with van der Waals surface area (Å²) in [4.78, 5) is 11.8. The monoisotopic (exact) mass is 350 g/mol. The SMILES string of the molecule is C[C@@H](NS(=O)(=O)CCNC(=O)c1ccc(F)cc1)c1ccccc1. The summed E-state index contributed by atoms with van der Waals surface area (Å²) in [7, 11) is -3.54. The van der Waals surface area contributed by atoms with Gasteiger partial charge in [-0.25, -0.2) is 17.5 Å². The highest BCUT2D eigenvalue weighted by molar-refractivity contribution is 7.89. The highest BCUT2D eigenvalue weighted by Gasteiger charge is 2.16. The summed E-state index contributed by atoms with van der Waals surface area (Å²) in [6.45, 7) is 1.72. The molecule has 7 heteroatoms. The third-order valence-corrected chi connectivity index (χ3v) is 4.87. The van der Waals surface area contributed by atoms with Gasteiger partial charge in [-0.3, -0.25) is 4.79 Å². The lowest BCUT2D eigenvalue weighted by Gasteiger charge is -2.14. The molecular weight excluding hydrogens is 331 g/mol. The van der Waals surface area contributed by atoms with Crippen LogP contribution in [0.25, 0.3) is 0 Å². The quantitative estimate of drug-likeness (QED) is 0.804. The summed E-state index contributed by atoms with van der Waals surface area (Å²) in [5.74, 6) is -1.12. The number of sulfonamides is 1. The van der Waals surface area contributed by atoms with E-state index < -0.39 is 21.7 Å². The van der Waals surface area contributed by atoms with E-state index in [4.69, 9.17) is 0 Å². The van der Waals surface area contributed by atoms with Crippen molar-refractivity contribution in [1.82, 2.24) is 10.0 Å². The van der Waals surface area contributed by atoms with E-state index >= 15 is 0 Å². The molecular formula is C17H19FN2O3S. The van der Waals surface area contributed by atoms with Crippen molar-refractivity contribution in [2.45, 2.75) is 13.0 Å². The number of nitrogens with one attached hydrogen (secondary N) is 2. The van der Waals surface area contributed by atoms with Crippen molar-refractivity contribution in [3.63, 3.8) is 0 Å². The lowest BCUT2D eigenvalue weighted by atomic mass is 10.1. The van der Waals surface area contributed by atoms with Crippen LogP contribution in [-0.2, 0) is 10.0 Å². The van der Waals surface area contributed by atoms with Crippen LogP contribution >= 0.6 is 0 Å². The van der Waals surface area contributed by atoms with Crippen LogP contribution in [-0.4, -0.2) is 26.6 Å². The van der Waals surface area contributed by atoms with E-state index in [1.54, 1.807) is 6.92 Å². The molecule has 0 saturated carbocycles. The van der Waals surface area contributed by atoms with Gasteiger partial charge in [0.25, 0.3) is 5.91 Å². The van der Waals surface area contributed by atoms with E-state index in [1.165, 1.54) is 24.3 Å². The molecule has 2 aromatic rings. The molecule has 0 aliphatic carbocycles. The lowest BCUT2D eigenvalue weighted by molar-refractivity contribution is 0.0956. The summed E-state index contributed by atoms with van der Waals surface area (Å²) in [6, 6.07) is 13.9. The van der Waals surface area contributed by atoms with Crippen LogP contribution in [0.3, 0.4) is 0 Å². The summed E-state index contributed by atoms with van der Waals surface area (Å²) >= 11 is 0. The van der Waals surface area contributed by atoms with E-state index in [9.17, 15) is 17.6 Å². The Labute approximate surface area is 141 Å². The molecule has 1 amide bonds. The summed E-state index contributed by atoms with van der Waals surface area (Å²) in [5.41, 5.74) is 1.14. The van der Waals surface area contributed by atoms with Gasteiger partial charge in [0.1, 0.15) is 5.82 Å². The molecule has 0 aromatic heterocycles. The smallest absolute Gasteiger partial charge is 0.251 e. The molecule has 0 unspecified atom stereocenters. The predicted octanol–water partition coefficient (Wildman–Crippen LogP) is 2.24. The molecule has 2 N–H and O–H groups in total. The van der Waals surface area contributed by atoms with E-state index in [-0.39, 0.29) is 23.9 Å². The zero-order chi connectivity index (χ0) is 17.6. The maximum Gasteiger partial charge on any atom is 0.251 e. The zero-order valence-corrected chi connectivity index (χ0v) is 14.0. The highest BCUT2D eigenvalue weighted by atomic mass is 32.2. The Kier molecular flexibility index (Phi) is 6.05. The van der Waals surface area contributed by atoms with Gasteiger partial charge in [-0.15, -0.1) is 0 Å². The van der Waals surface area contributed by atoms with Crippen molar-refractivity contribution >= 4 is 15.9 Å². The second kappa shape index (κ2) is 8.03. The lowest BCUT2D eigenvalue weighted by Crippen LogP contribution is -2.35. The fourth-order valence-corrected chi connectivity index (χ4v) is 3.30. The molecule has 24 heavy (non-hydrogen) atoms. The minimum atomic E-state index is -3.54. The molecule has 0 heterocycles. The molecule has 0 aliphatic rings. The molecule has 5 nitrogen and oxygen atoms in total. The average molecular weight is 350 g/mol. The van der Waals surface area contributed by atoms with Crippen molar-refractivity contribution in [2.24, 2.45) is 0 Å². The topological polar surface area (TPSA) is 75.3 Å². The van der Waals surface area contributed by atoms with Crippen LogP contribution in [0.1, 0.15) is 28.9 Å². The summed E-state index contributed by atoms with van der Waals surface area (Å²) < 4.78 is 39.5. The fraction of sp³-hybridized carbons (Fsp3) is 0.235. The third kappa shape index (κ3) is 5.43. The largest absolute Gasteiger partial charge is 0.351 e. The van der Waals surface area contributed by atoms with Gasteiger partial charge in [-0.05, 0) is 36.8 Å². The van der Waals surface area contributed by atoms with Crippen LogP contribution in [0.5, 0.6) is 0 Å². The second-order valence-corrected chi connectivity index (χ2v) is 7.21. The summed E-state index contributed by atoms with van der Waals surface area (Å²) in [5, 5.41) is 2.51. The Hall–Kier alpha value is -2.25. The minimum absolute atomic E-state index is 0.0347. The third-order valence-electron chi connectivity index (χ3n) is 3.42. The molecule has 0 bridgehead atoms. The van der Waals surface area contributed by atoms with Crippen LogP contribution in [0.15, 0.2) is 54.6 Å². The number of rotatable bonds is 7. The van der Waals surface area contributed by atoms with Gasteiger partial charge in [0.05, 0.1) is 5.75 Å². The van der Waals surface area contributed by atoms with Crippen molar-refractivity contribution in [3.05, 3.63) is 71.5 Å². The number of amides is 1. The van der Waals surface area contributed by atoms with Crippen LogP contribution in [0.4, 0.5) is 4.39 Å². The van der Waals surface area contributed by atoms with Gasteiger partial charge in [0, 0.05) is 18.2 Å². The first-order valence-electron chi connectivity index (χ1n) is 7.46. The van der Waals surface area contributed by atoms with E-state index in [1.807, 2.05) is 30.3 Å².